The number of nitrogens with one attached hydrogen (secondary N) is 1. The summed E-state index contributed by atoms with van der Waals surface area (Å²) in [5.41, 5.74) is 0. The van der Waals surface area contributed by atoms with Crippen molar-refractivity contribution in [2.45, 2.75) is 71.1 Å². The number of halogens is 2. The Bertz CT molecular complexity index is 699. The summed E-state index contributed by atoms with van der Waals surface area (Å²) in [7, 11) is 0. The molecule has 1 amide bonds. The lowest BCUT2D eigenvalue weighted by Gasteiger charge is -2.05. The summed E-state index contributed by atoms with van der Waals surface area (Å²) in [6, 6.07) is 5.52. The first-order valence-corrected chi connectivity index (χ1v) is 11.4. The molecule has 0 aliphatic rings. The number of benzene rings is 1. The largest absolute Gasteiger partial charge is 0.351 e. The van der Waals surface area contributed by atoms with E-state index in [9.17, 15) is 4.79 Å². The molecular formula is C21H29Cl2NOS. The minimum atomic E-state index is -0.0803. The van der Waals surface area contributed by atoms with Gasteiger partial charge in [-0.2, -0.15) is 0 Å². The van der Waals surface area contributed by atoms with E-state index in [4.69, 9.17) is 23.2 Å². The summed E-state index contributed by atoms with van der Waals surface area (Å²) < 4.78 is 0.951. The van der Waals surface area contributed by atoms with Crippen molar-refractivity contribution in [2.75, 3.05) is 6.54 Å². The standard InChI is InChI=1S/C21H29Cl2NOS/c1-2-3-4-5-6-7-8-9-10-11-14-24-21(25)20-19(23)17-13-12-16(22)15-18(17)26-20/h12-13,15H,2-11,14H2,1H3,(H,24,25). The molecule has 0 fully saturated rings. The molecule has 144 valence electrons. The zero-order chi connectivity index (χ0) is 18.8. The molecule has 0 aliphatic heterocycles. The van der Waals surface area contributed by atoms with Crippen LogP contribution in [0.1, 0.15) is 80.8 Å². The van der Waals surface area contributed by atoms with Crippen molar-refractivity contribution in [3.8, 4) is 0 Å². The van der Waals surface area contributed by atoms with Crippen LogP contribution >= 0.6 is 34.5 Å². The third-order valence-corrected chi connectivity index (χ3v) is 6.50. The summed E-state index contributed by atoms with van der Waals surface area (Å²) in [5, 5.41) is 5.08. The van der Waals surface area contributed by atoms with Gasteiger partial charge in [-0.3, -0.25) is 4.79 Å². The molecule has 1 N–H and O–H groups in total. The topological polar surface area (TPSA) is 29.1 Å². The van der Waals surface area contributed by atoms with Gasteiger partial charge < -0.3 is 5.32 Å². The van der Waals surface area contributed by atoms with Gasteiger partial charge in [-0.25, -0.2) is 0 Å². The highest BCUT2D eigenvalue weighted by Crippen LogP contribution is 2.36. The van der Waals surface area contributed by atoms with Gasteiger partial charge in [-0.1, -0.05) is 94.0 Å². The lowest BCUT2D eigenvalue weighted by molar-refractivity contribution is 0.0957. The molecule has 0 bridgehead atoms. The highest BCUT2D eigenvalue weighted by Gasteiger charge is 2.16. The van der Waals surface area contributed by atoms with Crippen LogP contribution in [0.5, 0.6) is 0 Å². The van der Waals surface area contributed by atoms with Gasteiger partial charge in [0, 0.05) is 21.7 Å². The van der Waals surface area contributed by atoms with Crippen molar-refractivity contribution < 1.29 is 4.79 Å². The van der Waals surface area contributed by atoms with Gasteiger partial charge >= 0.3 is 0 Å². The van der Waals surface area contributed by atoms with Crippen molar-refractivity contribution in [3.63, 3.8) is 0 Å². The van der Waals surface area contributed by atoms with Gasteiger partial charge in [-0.05, 0) is 18.6 Å². The van der Waals surface area contributed by atoms with Gasteiger partial charge in [0.25, 0.3) is 5.91 Å². The van der Waals surface area contributed by atoms with E-state index < -0.39 is 0 Å². The van der Waals surface area contributed by atoms with E-state index in [0.29, 0.717) is 21.5 Å². The van der Waals surface area contributed by atoms with Crippen LogP contribution < -0.4 is 5.32 Å². The molecule has 2 nitrogen and oxygen atoms in total. The van der Waals surface area contributed by atoms with E-state index in [-0.39, 0.29) is 5.91 Å². The van der Waals surface area contributed by atoms with Gasteiger partial charge in [0.15, 0.2) is 0 Å². The molecule has 1 heterocycles. The van der Waals surface area contributed by atoms with Crippen LogP contribution in [0, 0.1) is 0 Å². The minimum absolute atomic E-state index is 0.0803. The molecule has 2 rings (SSSR count). The maximum absolute atomic E-state index is 12.4. The number of thiophene rings is 1. The van der Waals surface area contributed by atoms with Crippen molar-refractivity contribution in [3.05, 3.63) is 33.1 Å². The molecule has 0 unspecified atom stereocenters. The third kappa shape index (κ3) is 6.75. The van der Waals surface area contributed by atoms with Gasteiger partial charge in [0.1, 0.15) is 4.88 Å². The molecule has 0 saturated heterocycles. The predicted molar refractivity (Wildman–Crippen MR) is 116 cm³/mol. The van der Waals surface area contributed by atoms with Crippen LogP contribution in [0.25, 0.3) is 10.1 Å². The SMILES string of the molecule is CCCCCCCCCCCCNC(=O)c1sc2cc(Cl)ccc2c1Cl. The van der Waals surface area contributed by atoms with Gasteiger partial charge in [0.2, 0.25) is 0 Å². The van der Waals surface area contributed by atoms with Crippen molar-refractivity contribution >= 4 is 50.5 Å². The molecule has 0 aliphatic carbocycles. The fraction of sp³-hybridized carbons (Fsp3) is 0.571. The van der Waals surface area contributed by atoms with Crippen molar-refractivity contribution in [1.29, 1.82) is 0 Å². The first-order chi connectivity index (χ1) is 12.6. The van der Waals surface area contributed by atoms with Crippen LogP contribution in [-0.2, 0) is 0 Å². The summed E-state index contributed by atoms with van der Waals surface area (Å²) in [6.07, 6.45) is 12.9. The second-order valence-corrected chi connectivity index (χ2v) is 8.69. The predicted octanol–water partition coefficient (Wildman–Crippen LogP) is 7.86. The van der Waals surface area contributed by atoms with Gasteiger partial charge in [-0.15, -0.1) is 11.3 Å². The molecule has 1 aromatic carbocycles. The Hall–Kier alpha value is -0.770. The zero-order valence-electron chi connectivity index (χ0n) is 15.6. The van der Waals surface area contributed by atoms with E-state index in [2.05, 4.69) is 12.2 Å². The molecule has 2 aromatic rings. The van der Waals surface area contributed by atoms with E-state index in [1.807, 2.05) is 12.1 Å². The number of carbonyl (C=O) groups is 1. The number of carbonyl (C=O) groups excluding carboxylic acids is 1. The summed E-state index contributed by atoms with van der Waals surface area (Å²) in [5.74, 6) is -0.0803. The fourth-order valence-electron chi connectivity index (χ4n) is 3.08. The second-order valence-electron chi connectivity index (χ2n) is 6.82. The fourth-order valence-corrected chi connectivity index (χ4v) is 4.79. The smallest absolute Gasteiger partial charge is 0.262 e. The van der Waals surface area contributed by atoms with Crippen LogP contribution in [-0.4, -0.2) is 12.5 Å². The van der Waals surface area contributed by atoms with Crippen LogP contribution in [0.2, 0.25) is 10.0 Å². The molecule has 0 atom stereocenters. The molecule has 1 aromatic heterocycles. The normalized spacial score (nSPS) is 11.2. The van der Waals surface area contributed by atoms with Crippen molar-refractivity contribution in [1.82, 2.24) is 5.32 Å². The maximum Gasteiger partial charge on any atom is 0.262 e. The lowest BCUT2D eigenvalue weighted by Crippen LogP contribution is -2.23. The Morgan fingerprint density at radius 1 is 0.962 bits per heavy atom. The monoisotopic (exact) mass is 413 g/mol. The van der Waals surface area contributed by atoms with Crippen LogP contribution in [0.3, 0.4) is 0 Å². The summed E-state index contributed by atoms with van der Waals surface area (Å²) in [6.45, 7) is 2.96. The average molecular weight is 414 g/mol. The lowest BCUT2D eigenvalue weighted by atomic mass is 10.1. The maximum atomic E-state index is 12.4. The van der Waals surface area contributed by atoms with E-state index in [1.54, 1.807) is 6.07 Å². The van der Waals surface area contributed by atoms with Crippen molar-refractivity contribution in [2.24, 2.45) is 0 Å². The number of fused-ring (bicyclic) bond motifs is 1. The van der Waals surface area contributed by atoms with Crippen LogP contribution in [0.15, 0.2) is 18.2 Å². The molecule has 0 saturated carbocycles. The Kier molecular flexibility index (Phi) is 9.80. The molecule has 26 heavy (non-hydrogen) atoms. The Balaban J connectivity index is 1.61. The highest BCUT2D eigenvalue weighted by atomic mass is 35.5. The number of unbranched alkanes of at least 4 members (excludes halogenated alkanes) is 9. The first-order valence-electron chi connectivity index (χ1n) is 9.79. The van der Waals surface area contributed by atoms with E-state index in [1.165, 1.54) is 69.1 Å². The Morgan fingerprint density at radius 3 is 2.23 bits per heavy atom. The molecule has 0 radical (unpaired) electrons. The molecule has 0 spiro atoms. The van der Waals surface area contributed by atoms with E-state index >= 15 is 0 Å². The zero-order valence-corrected chi connectivity index (χ0v) is 17.9. The summed E-state index contributed by atoms with van der Waals surface area (Å²) in [4.78, 5) is 12.9. The summed E-state index contributed by atoms with van der Waals surface area (Å²) >= 11 is 13.8. The first kappa shape index (κ1) is 21.5. The average Bonchev–Trinajstić information content (AvgIpc) is 2.95. The highest BCUT2D eigenvalue weighted by molar-refractivity contribution is 7.21. The van der Waals surface area contributed by atoms with Crippen LogP contribution in [0.4, 0.5) is 0 Å². The molecule has 5 heteroatoms. The quantitative estimate of drug-likeness (QED) is 0.352. The van der Waals surface area contributed by atoms with Gasteiger partial charge in [0.05, 0.1) is 5.02 Å². The minimum Gasteiger partial charge on any atom is -0.351 e. The number of hydrogen-bond donors (Lipinski definition) is 1. The number of hydrogen-bond acceptors (Lipinski definition) is 2. The Labute approximate surface area is 171 Å². The van der Waals surface area contributed by atoms with E-state index in [0.717, 1.165) is 16.5 Å². The third-order valence-electron chi connectivity index (χ3n) is 4.61. The Morgan fingerprint density at radius 2 is 1.58 bits per heavy atom. The number of amides is 1. The second kappa shape index (κ2) is 11.8. The number of rotatable bonds is 12. The molecular weight excluding hydrogens is 385 g/mol.